The van der Waals surface area contributed by atoms with Gasteiger partial charge in [0.1, 0.15) is 0 Å². The van der Waals surface area contributed by atoms with Gasteiger partial charge >= 0.3 is 0 Å². The Morgan fingerprint density at radius 1 is 1.04 bits per heavy atom. The number of nitrogens with zero attached hydrogens (tertiary/aromatic N) is 1. The molecule has 23 heavy (non-hydrogen) atoms. The fraction of sp³-hybridized carbons (Fsp3) is 0.421. The smallest absolute Gasteiger partial charge is 0.238 e. The monoisotopic (exact) mass is 307 g/mol. The van der Waals surface area contributed by atoms with E-state index in [1.807, 2.05) is 0 Å². The number of hydrogen-bond acceptors (Lipinski definition) is 3. The van der Waals surface area contributed by atoms with Gasteiger partial charge in [0.2, 0.25) is 11.8 Å². The van der Waals surface area contributed by atoms with Crippen molar-refractivity contribution in [3.63, 3.8) is 0 Å². The molecule has 3 fully saturated rings. The molecule has 2 saturated carbocycles. The van der Waals surface area contributed by atoms with Gasteiger partial charge in [-0.2, -0.15) is 0 Å². The van der Waals surface area contributed by atoms with Gasteiger partial charge < -0.3 is 0 Å². The zero-order valence-corrected chi connectivity index (χ0v) is 12.8. The molecular formula is C19H17NO3. The molecule has 4 heteroatoms. The van der Waals surface area contributed by atoms with Crippen molar-refractivity contribution in [1.29, 1.82) is 0 Å². The van der Waals surface area contributed by atoms with E-state index in [0.717, 1.165) is 6.42 Å². The molecule has 1 aliphatic heterocycles. The minimum Gasteiger partial charge on any atom is -0.295 e. The van der Waals surface area contributed by atoms with E-state index >= 15 is 0 Å². The molecule has 0 unspecified atom stereocenters. The van der Waals surface area contributed by atoms with Crippen molar-refractivity contribution < 1.29 is 14.4 Å². The lowest BCUT2D eigenvalue weighted by Gasteiger charge is -2.37. The van der Waals surface area contributed by atoms with Crippen molar-refractivity contribution in [2.75, 3.05) is 4.90 Å². The van der Waals surface area contributed by atoms with Crippen LogP contribution in [0.15, 0.2) is 36.4 Å². The van der Waals surface area contributed by atoms with Gasteiger partial charge in [0.05, 0.1) is 17.5 Å². The Hall–Kier alpha value is -2.23. The van der Waals surface area contributed by atoms with E-state index in [0.29, 0.717) is 23.1 Å². The highest BCUT2D eigenvalue weighted by molar-refractivity contribution is 6.23. The van der Waals surface area contributed by atoms with Gasteiger partial charge in [0.25, 0.3) is 0 Å². The van der Waals surface area contributed by atoms with E-state index in [-0.39, 0.29) is 41.3 Å². The lowest BCUT2D eigenvalue weighted by atomic mass is 9.63. The highest BCUT2D eigenvalue weighted by Crippen LogP contribution is 2.65. The molecule has 2 bridgehead atoms. The van der Waals surface area contributed by atoms with Crippen molar-refractivity contribution in [3.8, 4) is 0 Å². The molecule has 2 amide bonds. The fourth-order valence-electron chi connectivity index (χ4n) is 5.08. The summed E-state index contributed by atoms with van der Waals surface area (Å²) in [5, 5.41) is 0. The minimum absolute atomic E-state index is 0.0636. The first-order chi connectivity index (χ1) is 11.1. The van der Waals surface area contributed by atoms with Crippen molar-refractivity contribution >= 4 is 23.3 Å². The number of imide groups is 1. The Kier molecular flexibility index (Phi) is 2.41. The summed E-state index contributed by atoms with van der Waals surface area (Å²) in [4.78, 5) is 38.9. The Labute approximate surface area is 134 Å². The van der Waals surface area contributed by atoms with Gasteiger partial charge in [-0.1, -0.05) is 24.3 Å². The first-order valence-electron chi connectivity index (χ1n) is 8.25. The molecule has 6 atom stereocenters. The van der Waals surface area contributed by atoms with E-state index in [2.05, 4.69) is 12.2 Å². The number of Topliss-reactive ketones (excluding diaryl/α,β-unsaturated/α-hetero) is 1. The van der Waals surface area contributed by atoms with Crippen LogP contribution in [0.25, 0.3) is 0 Å². The Morgan fingerprint density at radius 3 is 2.22 bits per heavy atom. The quantitative estimate of drug-likeness (QED) is 0.479. The largest absolute Gasteiger partial charge is 0.295 e. The molecule has 6 rings (SSSR count). The average molecular weight is 307 g/mol. The topological polar surface area (TPSA) is 54.5 Å². The minimum atomic E-state index is -0.192. The van der Waals surface area contributed by atoms with Crippen LogP contribution in [-0.2, 0) is 9.59 Å². The third-order valence-electron chi connectivity index (χ3n) is 6.17. The SMILES string of the molecule is CC(=O)c1cccc(N2C(=O)[C@@H]3[C@@H]4C=C[C@H]([C@H]5C[C@@H]45)[C@@H]3C2=O)c1. The van der Waals surface area contributed by atoms with Crippen molar-refractivity contribution in [2.24, 2.45) is 35.5 Å². The maximum absolute atomic E-state index is 13.0. The molecule has 5 aliphatic rings. The van der Waals surface area contributed by atoms with Crippen LogP contribution in [0.1, 0.15) is 23.7 Å². The Balaban J connectivity index is 1.57. The second-order valence-electron chi connectivity index (χ2n) is 7.27. The summed E-state index contributed by atoms with van der Waals surface area (Å²) >= 11 is 0. The summed E-state index contributed by atoms with van der Waals surface area (Å²) in [5.41, 5.74) is 1.07. The van der Waals surface area contributed by atoms with Gasteiger partial charge in [-0.05, 0) is 49.1 Å². The lowest BCUT2D eigenvalue weighted by molar-refractivity contribution is -0.124. The molecule has 1 saturated heterocycles. The second kappa shape index (κ2) is 4.19. The van der Waals surface area contributed by atoms with E-state index in [4.69, 9.17) is 0 Å². The molecule has 0 aromatic heterocycles. The predicted molar refractivity (Wildman–Crippen MR) is 83.6 cm³/mol. The summed E-state index contributed by atoms with van der Waals surface area (Å²) < 4.78 is 0. The van der Waals surface area contributed by atoms with Crippen LogP contribution in [-0.4, -0.2) is 17.6 Å². The fourth-order valence-corrected chi connectivity index (χ4v) is 5.08. The molecule has 0 N–H and O–H groups in total. The lowest BCUT2D eigenvalue weighted by Crippen LogP contribution is -2.40. The number of rotatable bonds is 2. The van der Waals surface area contributed by atoms with Gasteiger partial charge in [-0.3, -0.25) is 14.4 Å². The maximum Gasteiger partial charge on any atom is 0.238 e. The van der Waals surface area contributed by atoms with E-state index in [1.54, 1.807) is 24.3 Å². The summed E-state index contributed by atoms with van der Waals surface area (Å²) in [5.74, 6) is 1.06. The third-order valence-corrected chi connectivity index (χ3v) is 6.17. The molecule has 1 aromatic rings. The molecule has 1 heterocycles. The Bertz CT molecular complexity index is 760. The normalized spacial score (nSPS) is 39.4. The number of benzene rings is 1. The van der Waals surface area contributed by atoms with Gasteiger partial charge in [0.15, 0.2) is 5.78 Å². The average Bonchev–Trinajstić information content (AvgIpc) is 3.32. The number of allylic oxidation sites excluding steroid dienone is 2. The van der Waals surface area contributed by atoms with Crippen molar-refractivity contribution in [1.82, 2.24) is 0 Å². The molecular weight excluding hydrogens is 290 g/mol. The first kappa shape index (κ1) is 13.2. The molecule has 1 aromatic carbocycles. The number of amides is 2. The third kappa shape index (κ3) is 1.58. The molecule has 116 valence electrons. The number of anilines is 1. The summed E-state index contributed by atoms with van der Waals surface area (Å²) in [6.07, 6.45) is 5.50. The number of carbonyl (C=O) groups excluding carboxylic acids is 3. The molecule has 4 aliphatic carbocycles. The standard InChI is InChI=1S/C19H17NO3/c1-9(21)10-3-2-4-11(7-10)20-18(22)16-12-5-6-13(15-8-14(12)15)17(16)19(20)23/h2-7,12-17H,8H2,1H3/t12-,13-,14-,15+,16+,17-/m1/s1. The van der Waals surface area contributed by atoms with Crippen LogP contribution in [0, 0.1) is 35.5 Å². The van der Waals surface area contributed by atoms with Crippen LogP contribution in [0.3, 0.4) is 0 Å². The zero-order chi connectivity index (χ0) is 15.9. The van der Waals surface area contributed by atoms with E-state index in [1.165, 1.54) is 11.8 Å². The van der Waals surface area contributed by atoms with Crippen LogP contribution in [0.5, 0.6) is 0 Å². The highest BCUT2D eigenvalue weighted by atomic mass is 16.2. The maximum atomic E-state index is 13.0. The van der Waals surface area contributed by atoms with Crippen LogP contribution < -0.4 is 4.90 Å². The van der Waals surface area contributed by atoms with Crippen molar-refractivity contribution in [3.05, 3.63) is 42.0 Å². The zero-order valence-electron chi connectivity index (χ0n) is 12.8. The summed E-state index contributed by atoms with van der Waals surface area (Å²) in [6, 6.07) is 6.85. The number of carbonyl (C=O) groups is 3. The molecule has 0 spiro atoms. The van der Waals surface area contributed by atoms with Crippen LogP contribution in [0.2, 0.25) is 0 Å². The number of hydrogen-bond donors (Lipinski definition) is 0. The molecule has 0 radical (unpaired) electrons. The van der Waals surface area contributed by atoms with Crippen LogP contribution in [0.4, 0.5) is 5.69 Å². The van der Waals surface area contributed by atoms with Gasteiger partial charge in [-0.25, -0.2) is 4.90 Å². The van der Waals surface area contributed by atoms with E-state index in [9.17, 15) is 14.4 Å². The summed E-state index contributed by atoms with van der Waals surface area (Å²) in [7, 11) is 0. The second-order valence-corrected chi connectivity index (χ2v) is 7.27. The van der Waals surface area contributed by atoms with Gasteiger partial charge in [-0.15, -0.1) is 0 Å². The molecule has 4 nitrogen and oxygen atoms in total. The van der Waals surface area contributed by atoms with Crippen molar-refractivity contribution in [2.45, 2.75) is 13.3 Å². The Morgan fingerprint density at radius 2 is 1.65 bits per heavy atom. The number of ketones is 1. The summed E-state index contributed by atoms with van der Waals surface area (Å²) in [6.45, 7) is 1.49. The van der Waals surface area contributed by atoms with E-state index < -0.39 is 0 Å². The van der Waals surface area contributed by atoms with Crippen LogP contribution >= 0.6 is 0 Å². The van der Waals surface area contributed by atoms with Gasteiger partial charge in [0, 0.05) is 5.56 Å². The predicted octanol–water partition coefficient (Wildman–Crippen LogP) is 2.45. The first-order valence-corrected chi connectivity index (χ1v) is 8.25. The highest BCUT2D eigenvalue weighted by Gasteiger charge is 2.67.